The van der Waals surface area contributed by atoms with E-state index in [0.29, 0.717) is 6.54 Å². The summed E-state index contributed by atoms with van der Waals surface area (Å²) in [6, 6.07) is 8.28. The highest BCUT2D eigenvalue weighted by Gasteiger charge is 2.09. The molecule has 0 saturated heterocycles. The monoisotopic (exact) mass is 260 g/mol. The van der Waals surface area contributed by atoms with E-state index in [9.17, 15) is 0 Å². The van der Waals surface area contributed by atoms with Crippen LogP contribution in [0.5, 0.6) is 5.75 Å². The Morgan fingerprint density at radius 1 is 1.26 bits per heavy atom. The number of benzene rings is 1. The number of ether oxygens (including phenoxy) is 1. The van der Waals surface area contributed by atoms with Crippen LogP contribution in [0.1, 0.15) is 35.9 Å². The smallest absolute Gasteiger partial charge is 0.208 e. The van der Waals surface area contributed by atoms with Gasteiger partial charge in [0.15, 0.2) is 0 Å². The molecule has 1 aromatic carbocycles. The van der Waals surface area contributed by atoms with Crippen LogP contribution >= 0.6 is 0 Å². The first-order chi connectivity index (χ1) is 9.10. The molecule has 4 heteroatoms. The van der Waals surface area contributed by atoms with Crippen molar-refractivity contribution >= 4 is 0 Å². The molecule has 0 aliphatic heterocycles. The minimum Gasteiger partial charge on any atom is -0.497 e. The van der Waals surface area contributed by atoms with Crippen molar-refractivity contribution < 1.29 is 9.15 Å². The highest BCUT2D eigenvalue weighted by molar-refractivity contribution is 5.28. The zero-order chi connectivity index (χ0) is 13.8. The Hall–Kier alpha value is -1.81. The van der Waals surface area contributed by atoms with Crippen molar-refractivity contribution in [3.8, 4) is 5.75 Å². The molecule has 0 amide bonds. The highest BCUT2D eigenvalue weighted by Crippen LogP contribution is 2.18. The molecular formula is C15H20N2O2. The minimum atomic E-state index is 0.235. The topological polar surface area (TPSA) is 47.3 Å². The molecule has 102 valence electrons. The maximum atomic E-state index is 5.54. The van der Waals surface area contributed by atoms with Gasteiger partial charge in [0.05, 0.1) is 19.3 Å². The van der Waals surface area contributed by atoms with Gasteiger partial charge in [-0.3, -0.25) is 0 Å². The lowest BCUT2D eigenvalue weighted by atomic mass is 10.1. The van der Waals surface area contributed by atoms with Crippen LogP contribution in [-0.2, 0) is 6.54 Å². The molecule has 0 radical (unpaired) electrons. The zero-order valence-corrected chi connectivity index (χ0v) is 11.9. The molecule has 0 saturated carbocycles. The van der Waals surface area contributed by atoms with Crippen LogP contribution in [-0.4, -0.2) is 12.1 Å². The van der Waals surface area contributed by atoms with Crippen LogP contribution in [0, 0.1) is 13.8 Å². The van der Waals surface area contributed by atoms with Crippen molar-refractivity contribution in [3.05, 3.63) is 47.2 Å². The van der Waals surface area contributed by atoms with Crippen molar-refractivity contribution in [2.24, 2.45) is 0 Å². The van der Waals surface area contributed by atoms with Crippen molar-refractivity contribution in [3.63, 3.8) is 0 Å². The summed E-state index contributed by atoms with van der Waals surface area (Å²) in [4.78, 5) is 4.35. The largest absolute Gasteiger partial charge is 0.497 e. The summed E-state index contributed by atoms with van der Waals surface area (Å²) in [5, 5.41) is 3.40. The normalized spacial score (nSPS) is 12.4. The maximum absolute atomic E-state index is 5.54. The Morgan fingerprint density at radius 2 is 1.95 bits per heavy atom. The minimum absolute atomic E-state index is 0.235. The Labute approximate surface area is 113 Å². The molecule has 0 bridgehead atoms. The van der Waals surface area contributed by atoms with Crippen LogP contribution < -0.4 is 10.1 Å². The third kappa shape index (κ3) is 3.35. The van der Waals surface area contributed by atoms with Crippen molar-refractivity contribution in [2.75, 3.05) is 7.11 Å². The quantitative estimate of drug-likeness (QED) is 0.897. The van der Waals surface area contributed by atoms with Gasteiger partial charge in [0.25, 0.3) is 0 Å². The van der Waals surface area contributed by atoms with E-state index in [4.69, 9.17) is 9.15 Å². The van der Waals surface area contributed by atoms with E-state index in [-0.39, 0.29) is 6.04 Å². The SMILES string of the molecule is COc1ccc([C@@H](C)NCc2nc(C)c(C)o2)cc1. The lowest BCUT2D eigenvalue weighted by Gasteiger charge is -2.13. The molecule has 1 atom stereocenters. The molecular weight excluding hydrogens is 240 g/mol. The maximum Gasteiger partial charge on any atom is 0.208 e. The first-order valence-electron chi connectivity index (χ1n) is 6.40. The summed E-state index contributed by atoms with van der Waals surface area (Å²) >= 11 is 0. The van der Waals surface area contributed by atoms with Crippen molar-refractivity contribution in [2.45, 2.75) is 33.4 Å². The van der Waals surface area contributed by atoms with Gasteiger partial charge in [-0.05, 0) is 38.5 Å². The molecule has 0 aliphatic rings. The predicted molar refractivity (Wildman–Crippen MR) is 74.2 cm³/mol. The standard InChI is InChI=1S/C15H20N2O2/c1-10-12(3)19-15(17-10)9-16-11(2)13-5-7-14(18-4)8-6-13/h5-8,11,16H,9H2,1-4H3/t11-/m1/s1. The second-order valence-electron chi connectivity index (χ2n) is 4.62. The molecule has 2 rings (SSSR count). The Balaban J connectivity index is 1.94. The van der Waals surface area contributed by atoms with Gasteiger partial charge >= 0.3 is 0 Å². The number of hydrogen-bond acceptors (Lipinski definition) is 4. The Morgan fingerprint density at radius 3 is 2.47 bits per heavy atom. The van der Waals surface area contributed by atoms with Gasteiger partial charge in [-0.2, -0.15) is 0 Å². The number of nitrogens with zero attached hydrogens (tertiary/aromatic N) is 1. The number of aryl methyl sites for hydroxylation is 2. The second kappa shape index (κ2) is 5.89. The molecule has 1 aromatic heterocycles. The van der Waals surface area contributed by atoms with Crippen LogP contribution in [0.3, 0.4) is 0 Å². The van der Waals surface area contributed by atoms with Gasteiger partial charge in [-0.1, -0.05) is 12.1 Å². The number of nitrogens with one attached hydrogen (secondary N) is 1. The summed E-state index contributed by atoms with van der Waals surface area (Å²) in [5.74, 6) is 2.49. The van der Waals surface area contributed by atoms with Crippen LogP contribution in [0.2, 0.25) is 0 Å². The van der Waals surface area contributed by atoms with Crippen molar-refractivity contribution in [1.82, 2.24) is 10.3 Å². The molecule has 0 unspecified atom stereocenters. The molecule has 1 N–H and O–H groups in total. The summed E-state index contributed by atoms with van der Waals surface area (Å²) in [7, 11) is 1.67. The predicted octanol–water partition coefficient (Wildman–Crippen LogP) is 3.15. The second-order valence-corrected chi connectivity index (χ2v) is 4.62. The number of hydrogen-bond donors (Lipinski definition) is 1. The van der Waals surface area contributed by atoms with Crippen LogP contribution in [0.25, 0.3) is 0 Å². The summed E-state index contributed by atoms with van der Waals surface area (Å²) in [6.07, 6.45) is 0. The Bertz CT molecular complexity index is 512. The zero-order valence-electron chi connectivity index (χ0n) is 11.9. The fraction of sp³-hybridized carbons (Fsp3) is 0.400. The molecule has 4 nitrogen and oxygen atoms in total. The van der Waals surface area contributed by atoms with Gasteiger partial charge in [-0.15, -0.1) is 0 Å². The molecule has 2 aromatic rings. The average Bonchev–Trinajstić information content (AvgIpc) is 2.75. The third-order valence-corrected chi connectivity index (χ3v) is 3.25. The van der Waals surface area contributed by atoms with E-state index in [2.05, 4.69) is 29.4 Å². The number of methoxy groups -OCH3 is 1. The van der Waals surface area contributed by atoms with Crippen molar-refractivity contribution in [1.29, 1.82) is 0 Å². The van der Waals surface area contributed by atoms with Crippen LogP contribution in [0.15, 0.2) is 28.7 Å². The summed E-state index contributed by atoms with van der Waals surface area (Å²) < 4.78 is 10.7. The fourth-order valence-corrected chi connectivity index (χ4v) is 1.87. The fourth-order valence-electron chi connectivity index (χ4n) is 1.87. The first-order valence-corrected chi connectivity index (χ1v) is 6.40. The van der Waals surface area contributed by atoms with Crippen LogP contribution in [0.4, 0.5) is 0 Å². The van der Waals surface area contributed by atoms with Gasteiger partial charge in [-0.25, -0.2) is 4.98 Å². The van der Waals surface area contributed by atoms with Gasteiger partial charge in [0.1, 0.15) is 11.5 Å². The van der Waals surface area contributed by atoms with E-state index in [1.165, 1.54) is 5.56 Å². The molecule has 19 heavy (non-hydrogen) atoms. The van der Waals surface area contributed by atoms with E-state index in [1.54, 1.807) is 7.11 Å². The molecule has 0 fully saturated rings. The summed E-state index contributed by atoms with van der Waals surface area (Å²) in [6.45, 7) is 6.63. The van der Waals surface area contributed by atoms with E-state index >= 15 is 0 Å². The van der Waals surface area contributed by atoms with E-state index < -0.39 is 0 Å². The number of rotatable bonds is 5. The molecule has 0 spiro atoms. The molecule has 0 aliphatic carbocycles. The lowest BCUT2D eigenvalue weighted by molar-refractivity contribution is 0.413. The summed E-state index contributed by atoms with van der Waals surface area (Å²) in [5.41, 5.74) is 2.16. The van der Waals surface area contributed by atoms with E-state index in [0.717, 1.165) is 23.1 Å². The van der Waals surface area contributed by atoms with Gasteiger partial charge in [0, 0.05) is 6.04 Å². The van der Waals surface area contributed by atoms with Gasteiger partial charge in [0.2, 0.25) is 5.89 Å². The third-order valence-electron chi connectivity index (χ3n) is 3.25. The number of aromatic nitrogens is 1. The highest BCUT2D eigenvalue weighted by atomic mass is 16.5. The van der Waals surface area contributed by atoms with Gasteiger partial charge < -0.3 is 14.5 Å². The lowest BCUT2D eigenvalue weighted by Crippen LogP contribution is -2.18. The Kier molecular flexibility index (Phi) is 4.22. The first kappa shape index (κ1) is 13.6. The number of oxazole rings is 1. The molecule has 1 heterocycles. The van der Waals surface area contributed by atoms with E-state index in [1.807, 2.05) is 26.0 Å². The average molecular weight is 260 g/mol.